The minimum atomic E-state index is -0.547. The summed E-state index contributed by atoms with van der Waals surface area (Å²) < 4.78 is 28.2. The smallest absolute Gasteiger partial charge is 0.310 e. The largest absolute Gasteiger partial charge is 0.502 e. The molecule has 1 aliphatic carbocycles. The number of phenolic OH excluding ortho intramolecular Hbond substituents is 1. The predicted molar refractivity (Wildman–Crippen MR) is 143 cm³/mol. The molecular formula is C30H37N2O8. The van der Waals surface area contributed by atoms with E-state index in [0.29, 0.717) is 24.3 Å². The highest BCUT2D eigenvalue weighted by molar-refractivity contribution is 5.79. The topological polar surface area (TPSA) is 119 Å². The van der Waals surface area contributed by atoms with Gasteiger partial charge in [0, 0.05) is 35.0 Å². The summed E-state index contributed by atoms with van der Waals surface area (Å²) in [6.45, 7) is 8.32. The van der Waals surface area contributed by atoms with Crippen molar-refractivity contribution in [2.45, 2.75) is 69.6 Å². The number of ether oxygens (including phenoxy) is 5. The van der Waals surface area contributed by atoms with E-state index in [2.05, 4.69) is 5.32 Å². The maximum Gasteiger partial charge on any atom is 0.310 e. The summed E-state index contributed by atoms with van der Waals surface area (Å²) in [4.78, 5) is 13.4. The molecule has 2 aromatic carbocycles. The Morgan fingerprint density at radius 1 is 0.925 bits per heavy atom. The Hall–Kier alpha value is -3.21. The molecule has 4 atom stereocenters. The third-order valence-corrected chi connectivity index (χ3v) is 9.06. The summed E-state index contributed by atoms with van der Waals surface area (Å²) in [6.07, 6.45) is 1.33. The number of rotatable bonds is 5. The van der Waals surface area contributed by atoms with Crippen LogP contribution < -0.4 is 24.3 Å². The van der Waals surface area contributed by atoms with Crippen LogP contribution in [0.25, 0.3) is 0 Å². The first kappa shape index (κ1) is 27.0. The van der Waals surface area contributed by atoms with E-state index >= 15 is 0 Å². The molecule has 1 radical (unpaired) electrons. The number of hydrogen-bond acceptors (Lipinski definition) is 9. The van der Waals surface area contributed by atoms with Crippen molar-refractivity contribution in [1.82, 2.24) is 10.4 Å². The van der Waals surface area contributed by atoms with Gasteiger partial charge < -0.3 is 34.1 Å². The Morgan fingerprint density at radius 3 is 2.08 bits per heavy atom. The average Bonchev–Trinajstić information content (AvgIpc) is 3.52. The number of nitrogens with zero attached hydrogens (tertiary/aromatic N) is 1. The van der Waals surface area contributed by atoms with E-state index in [-0.39, 0.29) is 54.6 Å². The lowest BCUT2D eigenvalue weighted by molar-refractivity contribution is -0.290. The lowest BCUT2D eigenvalue weighted by Crippen LogP contribution is -2.62. The summed E-state index contributed by atoms with van der Waals surface area (Å²) >= 11 is 0. The van der Waals surface area contributed by atoms with E-state index in [4.69, 9.17) is 23.7 Å². The number of phenols is 1. The molecule has 0 bridgehead atoms. The fourth-order valence-corrected chi connectivity index (χ4v) is 7.50. The van der Waals surface area contributed by atoms with Crippen LogP contribution >= 0.6 is 0 Å². The van der Waals surface area contributed by atoms with Gasteiger partial charge in [0.15, 0.2) is 23.0 Å². The van der Waals surface area contributed by atoms with E-state index in [0.717, 1.165) is 16.7 Å². The second kappa shape index (κ2) is 9.43. The monoisotopic (exact) mass is 553 g/mol. The molecule has 2 saturated heterocycles. The third-order valence-electron chi connectivity index (χ3n) is 9.06. The van der Waals surface area contributed by atoms with Gasteiger partial charge in [-0.15, -0.1) is 10.3 Å². The fraction of sp³-hybridized carbons (Fsp3) is 0.567. The first-order valence-electron chi connectivity index (χ1n) is 13.7. The zero-order valence-corrected chi connectivity index (χ0v) is 23.8. The zero-order valence-electron chi connectivity index (χ0n) is 23.8. The molecule has 0 aromatic heterocycles. The highest BCUT2D eigenvalue weighted by Crippen LogP contribution is 2.56. The SMILES string of the molecule is COc1cc([C@@H]2c3cc4c(cc3[C@@H](NC3CC(C)(C)N([O])C(C)(C)C3)[C@H]3COC(=O)[C@H]23)OCO4)cc(OC)c1O. The van der Waals surface area contributed by atoms with Gasteiger partial charge >= 0.3 is 5.97 Å². The van der Waals surface area contributed by atoms with Crippen LogP contribution in [0.2, 0.25) is 0 Å². The quantitative estimate of drug-likeness (QED) is 0.528. The number of aromatic hydroxyl groups is 1. The molecule has 2 N–H and O–H groups in total. The minimum absolute atomic E-state index is 0.0419. The number of hydroxylamine groups is 2. The molecule has 4 aliphatic rings. The molecule has 0 saturated carbocycles. The van der Waals surface area contributed by atoms with Gasteiger partial charge in [0.25, 0.3) is 0 Å². The highest BCUT2D eigenvalue weighted by Gasteiger charge is 2.54. The van der Waals surface area contributed by atoms with Crippen molar-refractivity contribution >= 4 is 5.97 Å². The van der Waals surface area contributed by atoms with Crippen molar-refractivity contribution in [3.63, 3.8) is 0 Å². The lowest BCUT2D eigenvalue weighted by Gasteiger charge is -2.51. The summed E-state index contributed by atoms with van der Waals surface area (Å²) in [5, 5.41) is 28.7. The van der Waals surface area contributed by atoms with Gasteiger partial charge in [-0.1, -0.05) is 0 Å². The molecule has 10 heteroatoms. The first-order chi connectivity index (χ1) is 18.9. The second-order valence-electron chi connectivity index (χ2n) is 12.6. The Bertz CT molecular complexity index is 1300. The number of carbonyl (C=O) groups is 1. The van der Waals surface area contributed by atoms with Crippen LogP contribution in [-0.2, 0) is 14.7 Å². The van der Waals surface area contributed by atoms with Crippen molar-refractivity contribution in [3.05, 3.63) is 41.0 Å². The van der Waals surface area contributed by atoms with Crippen LogP contribution in [0.4, 0.5) is 0 Å². The van der Waals surface area contributed by atoms with Crippen LogP contribution in [0.3, 0.4) is 0 Å². The fourth-order valence-electron chi connectivity index (χ4n) is 7.50. The number of piperidine rings is 1. The van der Waals surface area contributed by atoms with E-state index in [9.17, 15) is 15.1 Å². The number of carbonyl (C=O) groups excluding carboxylic acids is 1. The summed E-state index contributed by atoms with van der Waals surface area (Å²) in [5.74, 6) is 0.347. The molecule has 215 valence electrons. The standard InChI is InChI=1S/C30H37N2O8/c1-29(2)11-16(12-30(3,4)32(29)35)31-26-18-10-21-20(39-14-40-21)9-17(18)24(25-19(26)13-38-28(25)34)15-7-22(36-5)27(33)23(8-15)37-6/h7-10,16,19,24-26,31,33H,11-14H2,1-6H3/t19-,24+,25-,26+/m0/s1. The lowest BCUT2D eigenvalue weighted by atomic mass is 9.65. The number of cyclic esters (lactones) is 1. The van der Waals surface area contributed by atoms with Crippen molar-refractivity contribution in [2.24, 2.45) is 11.8 Å². The van der Waals surface area contributed by atoms with E-state index in [1.54, 1.807) is 12.1 Å². The number of hydrogen-bond donors (Lipinski definition) is 2. The molecule has 3 aliphatic heterocycles. The summed E-state index contributed by atoms with van der Waals surface area (Å²) in [7, 11) is 2.96. The van der Waals surface area contributed by atoms with Gasteiger partial charge in [-0.05, 0) is 81.5 Å². The van der Waals surface area contributed by atoms with Crippen LogP contribution in [0.5, 0.6) is 28.7 Å². The molecule has 10 nitrogen and oxygen atoms in total. The molecule has 2 fully saturated rings. The third kappa shape index (κ3) is 4.15. The highest BCUT2D eigenvalue weighted by atomic mass is 16.7. The number of methoxy groups -OCH3 is 2. The number of benzene rings is 2. The Labute approximate surface area is 234 Å². The Balaban J connectivity index is 1.49. The first-order valence-corrected chi connectivity index (χ1v) is 13.7. The predicted octanol–water partition coefficient (Wildman–Crippen LogP) is 4.07. The maximum absolute atomic E-state index is 13.4. The van der Waals surface area contributed by atoms with Crippen LogP contribution in [0.15, 0.2) is 24.3 Å². The molecule has 0 amide bonds. The van der Waals surface area contributed by atoms with Crippen molar-refractivity contribution in [1.29, 1.82) is 0 Å². The van der Waals surface area contributed by atoms with Crippen molar-refractivity contribution < 1.29 is 38.8 Å². The Morgan fingerprint density at radius 2 is 1.50 bits per heavy atom. The molecule has 0 unspecified atom stereocenters. The average molecular weight is 554 g/mol. The van der Waals surface area contributed by atoms with Gasteiger partial charge in [0.1, 0.15) is 0 Å². The minimum Gasteiger partial charge on any atom is -0.502 e. The zero-order chi connectivity index (χ0) is 28.6. The molecule has 6 rings (SSSR count). The van der Waals surface area contributed by atoms with E-state index in [1.165, 1.54) is 19.3 Å². The Kier molecular flexibility index (Phi) is 6.36. The van der Waals surface area contributed by atoms with Gasteiger partial charge in [-0.25, -0.2) is 0 Å². The summed E-state index contributed by atoms with van der Waals surface area (Å²) in [5.41, 5.74) is 1.58. The number of fused-ring (bicyclic) bond motifs is 3. The molecule has 0 spiro atoms. The van der Waals surface area contributed by atoms with Crippen LogP contribution in [-0.4, -0.2) is 60.9 Å². The normalized spacial score (nSPS) is 28.5. The van der Waals surface area contributed by atoms with Crippen LogP contribution in [0.1, 0.15) is 69.2 Å². The van der Waals surface area contributed by atoms with Crippen LogP contribution in [0, 0.1) is 11.8 Å². The van der Waals surface area contributed by atoms with Gasteiger partial charge in [-0.2, -0.15) is 0 Å². The van der Waals surface area contributed by atoms with Gasteiger partial charge in [0.2, 0.25) is 12.5 Å². The van der Waals surface area contributed by atoms with E-state index in [1.807, 2.05) is 39.8 Å². The second-order valence-corrected chi connectivity index (χ2v) is 12.6. The van der Waals surface area contributed by atoms with Crippen molar-refractivity contribution in [3.8, 4) is 28.7 Å². The van der Waals surface area contributed by atoms with Gasteiger partial charge in [-0.3, -0.25) is 4.79 Å². The summed E-state index contributed by atoms with van der Waals surface area (Å²) in [6, 6.07) is 7.30. The number of esters is 1. The maximum atomic E-state index is 13.4. The molecule has 2 aromatic rings. The van der Waals surface area contributed by atoms with E-state index < -0.39 is 22.9 Å². The molecule has 40 heavy (non-hydrogen) atoms. The molecule has 3 heterocycles. The molecular weight excluding hydrogens is 516 g/mol. The van der Waals surface area contributed by atoms with Gasteiger partial charge in [0.05, 0.1) is 26.7 Å². The number of nitrogens with one attached hydrogen (secondary N) is 1. The van der Waals surface area contributed by atoms with Crippen molar-refractivity contribution in [2.75, 3.05) is 27.6 Å².